The van der Waals surface area contributed by atoms with E-state index in [4.69, 9.17) is 14.2 Å². The summed E-state index contributed by atoms with van der Waals surface area (Å²) in [7, 11) is -4.03. The lowest BCUT2D eigenvalue weighted by molar-refractivity contribution is -0.119. The van der Waals surface area contributed by atoms with Gasteiger partial charge in [0, 0.05) is 0 Å². The van der Waals surface area contributed by atoms with E-state index in [1.807, 2.05) is 13.8 Å². The van der Waals surface area contributed by atoms with Gasteiger partial charge in [0.25, 0.3) is 15.9 Å². The highest BCUT2D eigenvalue weighted by molar-refractivity contribution is 7.92. The van der Waals surface area contributed by atoms with Crippen LogP contribution in [0.15, 0.2) is 95.4 Å². The maximum absolute atomic E-state index is 13.4. The highest BCUT2D eigenvalue weighted by atomic mass is 32.2. The third kappa shape index (κ3) is 7.59. The summed E-state index contributed by atoms with van der Waals surface area (Å²) in [5.41, 5.74) is 3.37. The second kappa shape index (κ2) is 13.8. The monoisotopic (exact) mass is 537 g/mol. The number of hydrazone groups is 1. The highest BCUT2D eigenvalue weighted by Gasteiger charge is 2.27. The van der Waals surface area contributed by atoms with Crippen LogP contribution in [0.25, 0.3) is 0 Å². The number of nitrogens with zero attached hydrogens (tertiary/aromatic N) is 2. The normalized spacial score (nSPS) is 11.1. The number of rotatable bonds is 14. The maximum atomic E-state index is 13.4. The van der Waals surface area contributed by atoms with E-state index in [-0.39, 0.29) is 4.90 Å². The van der Waals surface area contributed by atoms with Crippen LogP contribution in [0.2, 0.25) is 0 Å². The lowest BCUT2D eigenvalue weighted by Gasteiger charge is -2.24. The van der Waals surface area contributed by atoms with Crippen molar-refractivity contribution < 1.29 is 27.4 Å². The Morgan fingerprint density at radius 3 is 2.32 bits per heavy atom. The number of carbonyl (C=O) groups excluding carboxylic acids is 1. The standard InChI is InChI=1S/C28H31N3O6S/c1-4-18-37-26-17-12-22(19-27(26)36-6-3)20-29-30-28(32)21-31(23-13-15-24(16-14-23)35-5-2)38(33,34)25-10-8-7-9-11-25/h4,7-17,19-20H,1,5-6,18,21H2,2-3H3,(H,30,32)/b29-20-. The fraction of sp³-hybridized carbons (Fsp3) is 0.214. The number of sulfonamides is 1. The molecule has 0 fully saturated rings. The topological polar surface area (TPSA) is 107 Å². The molecule has 3 aromatic carbocycles. The van der Waals surface area contributed by atoms with Gasteiger partial charge in [0.15, 0.2) is 11.5 Å². The SMILES string of the molecule is C=CCOc1ccc(/C=N\NC(=O)CN(c2ccc(OCC)cc2)S(=O)(=O)c2ccccc2)cc1OCC. The van der Waals surface area contributed by atoms with Gasteiger partial charge in [-0.25, -0.2) is 13.8 Å². The number of ether oxygens (including phenoxy) is 3. The molecule has 3 aromatic rings. The van der Waals surface area contributed by atoms with Crippen LogP contribution in [0.4, 0.5) is 5.69 Å². The molecule has 1 N–H and O–H groups in total. The Bertz CT molecular complexity index is 1340. The smallest absolute Gasteiger partial charge is 0.264 e. The molecule has 0 atom stereocenters. The molecule has 10 heteroatoms. The van der Waals surface area contributed by atoms with E-state index >= 15 is 0 Å². The van der Waals surface area contributed by atoms with Crippen LogP contribution in [0.1, 0.15) is 19.4 Å². The molecule has 0 spiro atoms. The molecular formula is C28H31N3O6S. The number of nitrogens with one attached hydrogen (secondary N) is 1. The van der Waals surface area contributed by atoms with Gasteiger partial charge in [0.1, 0.15) is 18.9 Å². The average molecular weight is 538 g/mol. The molecule has 200 valence electrons. The van der Waals surface area contributed by atoms with Crippen LogP contribution < -0.4 is 23.9 Å². The summed E-state index contributed by atoms with van der Waals surface area (Å²) in [4.78, 5) is 12.9. The minimum atomic E-state index is -4.03. The van der Waals surface area contributed by atoms with Crippen LogP contribution in [0.5, 0.6) is 17.2 Å². The number of amides is 1. The van der Waals surface area contributed by atoms with Crippen molar-refractivity contribution >= 4 is 27.8 Å². The van der Waals surface area contributed by atoms with Gasteiger partial charge in [-0.2, -0.15) is 5.10 Å². The van der Waals surface area contributed by atoms with E-state index in [1.54, 1.807) is 66.7 Å². The minimum Gasteiger partial charge on any atom is -0.494 e. The first kappa shape index (κ1) is 28.3. The molecule has 0 unspecified atom stereocenters. The zero-order valence-corrected chi connectivity index (χ0v) is 22.2. The van der Waals surface area contributed by atoms with Gasteiger partial charge in [-0.1, -0.05) is 30.9 Å². The maximum Gasteiger partial charge on any atom is 0.264 e. The molecule has 0 saturated heterocycles. The van der Waals surface area contributed by atoms with E-state index < -0.39 is 22.5 Å². The van der Waals surface area contributed by atoms with Gasteiger partial charge in [-0.15, -0.1) is 0 Å². The highest BCUT2D eigenvalue weighted by Crippen LogP contribution is 2.28. The van der Waals surface area contributed by atoms with E-state index in [0.717, 1.165) is 4.31 Å². The molecular weight excluding hydrogens is 506 g/mol. The largest absolute Gasteiger partial charge is 0.494 e. The zero-order chi connectivity index (χ0) is 27.4. The second-order valence-electron chi connectivity index (χ2n) is 7.78. The van der Waals surface area contributed by atoms with Crippen molar-refractivity contribution in [3.05, 3.63) is 91.0 Å². The molecule has 0 radical (unpaired) electrons. The van der Waals surface area contributed by atoms with Gasteiger partial charge in [0.05, 0.1) is 30.0 Å². The average Bonchev–Trinajstić information content (AvgIpc) is 2.92. The van der Waals surface area contributed by atoms with Gasteiger partial charge in [0.2, 0.25) is 0 Å². The van der Waals surface area contributed by atoms with Crippen molar-refractivity contribution in [3.63, 3.8) is 0 Å². The molecule has 0 heterocycles. The summed E-state index contributed by atoms with van der Waals surface area (Å²) in [6, 6.07) is 19.6. The molecule has 3 rings (SSSR count). The van der Waals surface area contributed by atoms with Crippen molar-refractivity contribution in [1.29, 1.82) is 0 Å². The van der Waals surface area contributed by atoms with Crippen molar-refractivity contribution in [3.8, 4) is 17.2 Å². The molecule has 0 aliphatic heterocycles. The molecule has 38 heavy (non-hydrogen) atoms. The molecule has 0 aromatic heterocycles. The molecule has 0 saturated carbocycles. The van der Waals surface area contributed by atoms with Gasteiger partial charge in [-0.05, 0) is 74.0 Å². The zero-order valence-electron chi connectivity index (χ0n) is 21.4. The quantitative estimate of drug-likeness (QED) is 0.186. The summed E-state index contributed by atoms with van der Waals surface area (Å²) >= 11 is 0. The minimum absolute atomic E-state index is 0.0624. The van der Waals surface area contributed by atoms with E-state index in [0.29, 0.717) is 48.3 Å². The lowest BCUT2D eigenvalue weighted by atomic mass is 10.2. The predicted molar refractivity (Wildman–Crippen MR) is 148 cm³/mol. The van der Waals surface area contributed by atoms with Crippen molar-refractivity contribution in [2.75, 3.05) is 30.7 Å². The van der Waals surface area contributed by atoms with Crippen molar-refractivity contribution in [2.24, 2.45) is 5.10 Å². The molecule has 0 bridgehead atoms. The van der Waals surface area contributed by atoms with Crippen LogP contribution in [-0.2, 0) is 14.8 Å². The fourth-order valence-electron chi connectivity index (χ4n) is 3.40. The lowest BCUT2D eigenvalue weighted by Crippen LogP contribution is -2.39. The summed E-state index contributed by atoms with van der Waals surface area (Å²) in [5, 5.41) is 4.00. The Balaban J connectivity index is 1.78. The van der Waals surface area contributed by atoms with Gasteiger partial charge >= 0.3 is 0 Å². The van der Waals surface area contributed by atoms with Gasteiger partial charge < -0.3 is 14.2 Å². The molecule has 9 nitrogen and oxygen atoms in total. The number of carbonyl (C=O) groups is 1. The summed E-state index contributed by atoms with van der Waals surface area (Å²) < 4.78 is 44.5. The Morgan fingerprint density at radius 1 is 0.947 bits per heavy atom. The number of benzene rings is 3. The Hall–Kier alpha value is -4.31. The Labute approximate surface area is 223 Å². The summed E-state index contributed by atoms with van der Waals surface area (Å²) in [6.45, 7) is 8.12. The number of hydrogen-bond acceptors (Lipinski definition) is 7. The predicted octanol–water partition coefficient (Wildman–Crippen LogP) is 4.39. The second-order valence-corrected chi connectivity index (χ2v) is 9.65. The van der Waals surface area contributed by atoms with Crippen molar-refractivity contribution in [2.45, 2.75) is 18.7 Å². The van der Waals surface area contributed by atoms with Crippen LogP contribution >= 0.6 is 0 Å². The summed E-state index contributed by atoms with van der Waals surface area (Å²) in [6.07, 6.45) is 3.07. The summed E-state index contributed by atoms with van der Waals surface area (Å²) in [5.74, 6) is 1.06. The molecule has 1 amide bonds. The van der Waals surface area contributed by atoms with E-state index in [9.17, 15) is 13.2 Å². The first-order valence-electron chi connectivity index (χ1n) is 12.0. The van der Waals surface area contributed by atoms with E-state index in [1.165, 1.54) is 18.3 Å². The Morgan fingerprint density at radius 2 is 1.66 bits per heavy atom. The van der Waals surface area contributed by atoms with Gasteiger partial charge in [-0.3, -0.25) is 9.10 Å². The Kier molecular flexibility index (Phi) is 10.3. The number of anilines is 1. The van der Waals surface area contributed by atoms with Crippen LogP contribution in [-0.4, -0.2) is 46.9 Å². The molecule has 0 aliphatic rings. The third-order valence-corrected chi connectivity index (χ3v) is 6.87. The fourth-order valence-corrected chi connectivity index (χ4v) is 4.84. The third-order valence-electron chi connectivity index (χ3n) is 5.08. The van der Waals surface area contributed by atoms with Crippen LogP contribution in [0.3, 0.4) is 0 Å². The number of hydrogen-bond donors (Lipinski definition) is 1. The first-order valence-corrected chi connectivity index (χ1v) is 13.5. The molecule has 0 aliphatic carbocycles. The van der Waals surface area contributed by atoms with Crippen molar-refractivity contribution in [1.82, 2.24) is 5.43 Å². The first-order chi connectivity index (χ1) is 18.4. The van der Waals surface area contributed by atoms with E-state index in [2.05, 4.69) is 17.1 Å². The van der Waals surface area contributed by atoms with Crippen LogP contribution in [0, 0.1) is 0 Å².